The summed E-state index contributed by atoms with van der Waals surface area (Å²) in [6.45, 7) is 4.48. The summed E-state index contributed by atoms with van der Waals surface area (Å²) in [5, 5.41) is 10.3. The number of nitrogens with one attached hydrogen (secondary N) is 2. The molecule has 0 unspecified atom stereocenters. The molecule has 2 N–H and O–H groups in total. The van der Waals surface area contributed by atoms with Gasteiger partial charge in [-0.3, -0.25) is 9.59 Å². The number of amides is 2. The zero-order valence-corrected chi connectivity index (χ0v) is 21.2. The first-order chi connectivity index (χ1) is 18.5. The molecule has 0 aromatic heterocycles. The minimum atomic E-state index is -0.208. The number of carbonyl (C=O) groups is 2. The number of hydrogen-bond donors (Lipinski definition) is 2. The molecule has 0 radical (unpaired) electrons. The number of fused-ring (bicyclic) bond motifs is 5. The van der Waals surface area contributed by atoms with Crippen LogP contribution in [-0.2, 0) is 0 Å². The number of benzene rings is 4. The number of ether oxygens (including phenoxy) is 2. The average molecular weight is 507 g/mol. The van der Waals surface area contributed by atoms with Gasteiger partial charge in [0.25, 0.3) is 11.8 Å². The molecule has 6 nitrogen and oxygen atoms in total. The van der Waals surface area contributed by atoms with Crippen molar-refractivity contribution in [2.24, 2.45) is 0 Å². The van der Waals surface area contributed by atoms with Crippen molar-refractivity contribution in [1.82, 2.24) is 10.6 Å². The van der Waals surface area contributed by atoms with Crippen LogP contribution in [0.4, 0.5) is 0 Å². The molecule has 0 bridgehead atoms. The van der Waals surface area contributed by atoms with E-state index in [-0.39, 0.29) is 37.1 Å². The summed E-state index contributed by atoms with van der Waals surface area (Å²) in [5.41, 5.74) is 1.63. The van der Waals surface area contributed by atoms with Crippen molar-refractivity contribution in [3.8, 4) is 11.5 Å². The van der Waals surface area contributed by atoms with E-state index in [0.29, 0.717) is 28.2 Å². The maximum Gasteiger partial charge on any atom is 0.255 e. The van der Waals surface area contributed by atoms with Gasteiger partial charge in [0, 0.05) is 12.1 Å². The quantitative estimate of drug-likeness (QED) is 0.296. The molecule has 38 heavy (non-hydrogen) atoms. The fourth-order valence-corrected chi connectivity index (χ4v) is 5.40. The summed E-state index contributed by atoms with van der Waals surface area (Å²) in [7, 11) is 0. The van der Waals surface area contributed by atoms with Crippen LogP contribution in [0.25, 0.3) is 21.5 Å². The zero-order chi connectivity index (χ0) is 26.1. The molecule has 4 aromatic carbocycles. The van der Waals surface area contributed by atoms with Gasteiger partial charge in [0.2, 0.25) is 0 Å². The van der Waals surface area contributed by atoms with Gasteiger partial charge in [-0.15, -0.1) is 0 Å². The van der Waals surface area contributed by atoms with Crippen molar-refractivity contribution in [2.45, 2.75) is 37.8 Å². The largest absolute Gasteiger partial charge is 0.488 e. The molecule has 2 aliphatic rings. The highest BCUT2D eigenvalue weighted by Crippen LogP contribution is 2.30. The van der Waals surface area contributed by atoms with Gasteiger partial charge in [0.05, 0.1) is 11.1 Å². The lowest BCUT2D eigenvalue weighted by atomic mass is 9.89. The third-order valence-electron chi connectivity index (χ3n) is 7.45. The second-order valence-electron chi connectivity index (χ2n) is 10.2. The van der Waals surface area contributed by atoms with Crippen molar-refractivity contribution in [3.05, 3.63) is 96.1 Å². The van der Waals surface area contributed by atoms with Gasteiger partial charge in [0.15, 0.2) is 0 Å². The molecule has 192 valence electrons. The van der Waals surface area contributed by atoms with Crippen LogP contribution in [0, 0.1) is 0 Å². The fraction of sp³-hybridized carbons (Fsp3) is 0.250. The Hall–Kier alpha value is -4.32. The van der Waals surface area contributed by atoms with Crippen molar-refractivity contribution in [3.63, 3.8) is 0 Å². The van der Waals surface area contributed by atoms with E-state index in [1.54, 1.807) is 0 Å². The Morgan fingerprint density at radius 1 is 0.632 bits per heavy atom. The van der Waals surface area contributed by atoms with Crippen LogP contribution in [-0.4, -0.2) is 37.1 Å². The van der Waals surface area contributed by atoms with Crippen LogP contribution in [0.2, 0.25) is 0 Å². The van der Waals surface area contributed by atoms with E-state index in [2.05, 4.69) is 17.2 Å². The van der Waals surface area contributed by atoms with Crippen LogP contribution in [0.1, 0.15) is 46.4 Å². The molecule has 4 aromatic rings. The van der Waals surface area contributed by atoms with Gasteiger partial charge in [-0.05, 0) is 64.2 Å². The highest BCUT2D eigenvalue weighted by Gasteiger charge is 2.30. The van der Waals surface area contributed by atoms with Gasteiger partial charge in [0.1, 0.15) is 24.7 Å². The van der Waals surface area contributed by atoms with E-state index in [1.165, 1.54) is 0 Å². The summed E-state index contributed by atoms with van der Waals surface area (Å²) < 4.78 is 12.3. The lowest BCUT2D eigenvalue weighted by Gasteiger charge is -2.33. The Labute approximate surface area is 221 Å². The summed E-state index contributed by atoms with van der Waals surface area (Å²) in [6, 6.07) is 23.0. The molecule has 6 rings (SSSR count). The molecule has 1 heterocycles. The van der Waals surface area contributed by atoms with Crippen LogP contribution < -0.4 is 20.1 Å². The molecular weight excluding hydrogens is 476 g/mol. The molecule has 1 saturated carbocycles. The normalized spacial score (nSPS) is 20.5. The Balaban J connectivity index is 1.40. The highest BCUT2D eigenvalue weighted by molar-refractivity contribution is 6.03. The summed E-state index contributed by atoms with van der Waals surface area (Å²) in [5.74, 6) is 0.583. The minimum Gasteiger partial charge on any atom is -0.488 e. The van der Waals surface area contributed by atoms with Crippen molar-refractivity contribution in [1.29, 1.82) is 0 Å². The molecule has 2 atom stereocenters. The maximum absolute atomic E-state index is 13.6. The average Bonchev–Trinajstić information content (AvgIpc) is 2.94. The first-order valence-corrected chi connectivity index (χ1v) is 13.1. The predicted octanol–water partition coefficient (Wildman–Crippen LogP) is 5.79. The summed E-state index contributed by atoms with van der Waals surface area (Å²) in [4.78, 5) is 27.2. The summed E-state index contributed by atoms with van der Waals surface area (Å²) in [6.07, 6.45) is 3.56. The van der Waals surface area contributed by atoms with Gasteiger partial charge < -0.3 is 20.1 Å². The van der Waals surface area contributed by atoms with Crippen LogP contribution in [0.5, 0.6) is 11.5 Å². The first kappa shape index (κ1) is 24.0. The molecule has 0 spiro atoms. The monoisotopic (exact) mass is 506 g/mol. The Morgan fingerprint density at radius 3 is 1.45 bits per heavy atom. The lowest BCUT2D eigenvalue weighted by molar-refractivity contribution is 0.0859. The Morgan fingerprint density at radius 2 is 1.03 bits per heavy atom. The van der Waals surface area contributed by atoms with Gasteiger partial charge in [-0.25, -0.2) is 0 Å². The van der Waals surface area contributed by atoms with Crippen molar-refractivity contribution >= 4 is 33.4 Å². The van der Waals surface area contributed by atoms with E-state index in [0.717, 1.165) is 47.2 Å². The number of rotatable bonds is 0. The van der Waals surface area contributed by atoms with Crippen molar-refractivity contribution in [2.75, 3.05) is 13.2 Å². The van der Waals surface area contributed by atoms with Crippen LogP contribution >= 0.6 is 0 Å². The molecule has 2 amide bonds. The first-order valence-electron chi connectivity index (χ1n) is 13.1. The van der Waals surface area contributed by atoms with E-state index >= 15 is 0 Å². The van der Waals surface area contributed by atoms with E-state index in [4.69, 9.17) is 9.47 Å². The van der Waals surface area contributed by atoms with Gasteiger partial charge >= 0.3 is 0 Å². The molecule has 1 aliphatic carbocycles. The van der Waals surface area contributed by atoms with Crippen LogP contribution in [0.15, 0.2) is 84.9 Å². The van der Waals surface area contributed by atoms with E-state index in [1.807, 2.05) is 72.8 Å². The second-order valence-corrected chi connectivity index (χ2v) is 10.2. The fourth-order valence-electron chi connectivity index (χ4n) is 5.40. The van der Waals surface area contributed by atoms with Gasteiger partial charge in [-0.1, -0.05) is 68.0 Å². The highest BCUT2D eigenvalue weighted by atomic mass is 16.5. The third kappa shape index (κ3) is 4.82. The SMILES string of the molecule is C=C1COc2cc3ccccc3cc2C(=O)N[C@H]2CCCC[C@H]2NC(=O)c2cc3ccccc3cc2OC1. The van der Waals surface area contributed by atoms with Gasteiger partial charge in [-0.2, -0.15) is 0 Å². The topological polar surface area (TPSA) is 76.7 Å². The Bertz CT molecular complexity index is 1440. The lowest BCUT2D eigenvalue weighted by Crippen LogP contribution is -2.53. The third-order valence-corrected chi connectivity index (χ3v) is 7.45. The predicted molar refractivity (Wildman–Crippen MR) is 149 cm³/mol. The number of carbonyl (C=O) groups excluding carboxylic acids is 2. The van der Waals surface area contributed by atoms with E-state index in [9.17, 15) is 9.59 Å². The summed E-state index contributed by atoms with van der Waals surface area (Å²) >= 11 is 0. The molecule has 1 fully saturated rings. The zero-order valence-electron chi connectivity index (χ0n) is 21.2. The standard InChI is InChI=1S/C32H30N2O4/c1-20-18-37-29-16-23-10-4-2-8-21(23)14-25(29)31(35)33-27-12-6-7-13-28(27)34-32(36)26-15-22-9-3-5-11-24(22)17-30(26)38-19-20/h2-5,8-11,14-17,27-28H,1,6-7,12-13,18-19H2,(H,33,35)(H,34,36)/t27-,28+. The van der Waals surface area contributed by atoms with E-state index < -0.39 is 0 Å². The molecule has 1 aliphatic heterocycles. The van der Waals surface area contributed by atoms with Crippen molar-refractivity contribution < 1.29 is 19.1 Å². The smallest absolute Gasteiger partial charge is 0.255 e. The Kier molecular flexibility index (Phi) is 6.46. The molecule has 6 heteroatoms. The maximum atomic E-state index is 13.6. The second kappa shape index (κ2) is 10.2. The minimum absolute atomic E-state index is 0.180. The molecular formula is C32H30N2O4. The van der Waals surface area contributed by atoms with Crippen LogP contribution in [0.3, 0.4) is 0 Å². The molecule has 0 saturated heterocycles. The number of hydrogen-bond acceptors (Lipinski definition) is 4.